The SMILES string of the molecule is Cc1cc(C)c(NC(=O)CNC(=O)NCCCn2ccc3ccccc32)c(C)c1. The highest BCUT2D eigenvalue weighted by atomic mass is 16.2. The minimum atomic E-state index is -0.338. The summed E-state index contributed by atoms with van der Waals surface area (Å²) in [5.41, 5.74) is 5.18. The third-order valence-electron chi connectivity index (χ3n) is 4.89. The van der Waals surface area contributed by atoms with E-state index in [1.54, 1.807) is 0 Å². The molecule has 0 spiro atoms. The molecule has 3 aromatic rings. The second-order valence-electron chi connectivity index (χ2n) is 7.35. The van der Waals surface area contributed by atoms with Crippen LogP contribution in [0, 0.1) is 20.8 Å². The van der Waals surface area contributed by atoms with Crippen LogP contribution in [0.1, 0.15) is 23.1 Å². The predicted molar refractivity (Wildman–Crippen MR) is 117 cm³/mol. The van der Waals surface area contributed by atoms with E-state index in [-0.39, 0.29) is 18.5 Å². The molecule has 0 saturated heterocycles. The zero-order valence-corrected chi connectivity index (χ0v) is 17.2. The van der Waals surface area contributed by atoms with Crippen LogP contribution in [0.4, 0.5) is 10.5 Å². The maximum absolute atomic E-state index is 12.2. The first-order chi connectivity index (χ1) is 13.9. The molecule has 0 unspecified atom stereocenters. The number of hydrogen-bond donors (Lipinski definition) is 3. The monoisotopic (exact) mass is 392 g/mol. The molecule has 0 saturated carbocycles. The molecule has 0 aliphatic heterocycles. The lowest BCUT2D eigenvalue weighted by molar-refractivity contribution is -0.115. The van der Waals surface area contributed by atoms with Crippen molar-refractivity contribution in [2.24, 2.45) is 0 Å². The van der Waals surface area contributed by atoms with Gasteiger partial charge in [0, 0.05) is 30.5 Å². The lowest BCUT2D eigenvalue weighted by atomic mass is 10.1. The van der Waals surface area contributed by atoms with Crippen molar-refractivity contribution in [3.63, 3.8) is 0 Å². The van der Waals surface area contributed by atoms with E-state index >= 15 is 0 Å². The van der Waals surface area contributed by atoms with E-state index in [2.05, 4.69) is 44.9 Å². The van der Waals surface area contributed by atoms with Crippen LogP contribution in [-0.2, 0) is 11.3 Å². The number of aryl methyl sites for hydroxylation is 4. The molecule has 0 bridgehead atoms. The first-order valence-electron chi connectivity index (χ1n) is 9.87. The quantitative estimate of drug-likeness (QED) is 0.534. The molecule has 0 aliphatic carbocycles. The first kappa shape index (κ1) is 20.5. The highest BCUT2D eigenvalue weighted by Crippen LogP contribution is 2.21. The van der Waals surface area contributed by atoms with Crippen LogP contribution in [-0.4, -0.2) is 29.6 Å². The second-order valence-corrected chi connectivity index (χ2v) is 7.35. The maximum atomic E-state index is 12.2. The van der Waals surface area contributed by atoms with E-state index in [9.17, 15) is 9.59 Å². The maximum Gasteiger partial charge on any atom is 0.315 e. The van der Waals surface area contributed by atoms with E-state index < -0.39 is 0 Å². The molecule has 29 heavy (non-hydrogen) atoms. The topological polar surface area (TPSA) is 75.2 Å². The van der Waals surface area contributed by atoms with Crippen molar-refractivity contribution in [3.05, 3.63) is 65.4 Å². The molecule has 0 radical (unpaired) electrons. The van der Waals surface area contributed by atoms with Gasteiger partial charge in [-0.2, -0.15) is 0 Å². The van der Waals surface area contributed by atoms with Gasteiger partial charge in [0.1, 0.15) is 0 Å². The van der Waals surface area contributed by atoms with Crippen LogP contribution >= 0.6 is 0 Å². The summed E-state index contributed by atoms with van der Waals surface area (Å²) in [6, 6.07) is 14.0. The van der Waals surface area contributed by atoms with Crippen LogP contribution < -0.4 is 16.0 Å². The fourth-order valence-electron chi connectivity index (χ4n) is 3.57. The van der Waals surface area contributed by atoms with Gasteiger partial charge in [-0.1, -0.05) is 35.9 Å². The van der Waals surface area contributed by atoms with Crippen LogP contribution in [0.5, 0.6) is 0 Å². The predicted octanol–water partition coefficient (Wildman–Crippen LogP) is 3.89. The molecular formula is C23H28N4O2. The van der Waals surface area contributed by atoms with Gasteiger partial charge in [-0.25, -0.2) is 4.79 Å². The number of fused-ring (bicyclic) bond motifs is 1. The number of carbonyl (C=O) groups is 2. The Morgan fingerprint density at radius 3 is 2.45 bits per heavy atom. The molecular weight excluding hydrogens is 364 g/mol. The molecule has 6 nitrogen and oxygen atoms in total. The number of urea groups is 1. The van der Waals surface area contributed by atoms with Gasteiger partial charge < -0.3 is 20.5 Å². The number of nitrogens with zero attached hydrogens (tertiary/aromatic N) is 1. The summed E-state index contributed by atoms with van der Waals surface area (Å²) in [6.07, 6.45) is 2.87. The number of hydrogen-bond acceptors (Lipinski definition) is 2. The van der Waals surface area contributed by atoms with E-state index in [1.807, 2.05) is 45.0 Å². The summed E-state index contributed by atoms with van der Waals surface area (Å²) in [5, 5.41) is 9.50. The highest BCUT2D eigenvalue weighted by molar-refractivity contribution is 5.95. The third-order valence-corrected chi connectivity index (χ3v) is 4.89. The number of anilines is 1. The summed E-state index contributed by atoms with van der Waals surface area (Å²) < 4.78 is 2.18. The molecule has 1 aromatic heterocycles. The first-order valence-corrected chi connectivity index (χ1v) is 9.87. The van der Waals surface area contributed by atoms with E-state index in [1.165, 1.54) is 10.9 Å². The molecule has 3 N–H and O–H groups in total. The molecule has 152 valence electrons. The third kappa shape index (κ3) is 5.38. The lowest BCUT2D eigenvalue weighted by Gasteiger charge is -2.13. The summed E-state index contributed by atoms with van der Waals surface area (Å²) in [5.74, 6) is -0.242. The molecule has 0 aliphatic rings. The molecule has 2 aromatic carbocycles. The number of aromatic nitrogens is 1. The number of carbonyl (C=O) groups excluding carboxylic acids is 2. The van der Waals surface area contributed by atoms with Crippen molar-refractivity contribution in [3.8, 4) is 0 Å². The van der Waals surface area contributed by atoms with Crippen molar-refractivity contribution in [1.82, 2.24) is 15.2 Å². The van der Waals surface area contributed by atoms with Crippen molar-refractivity contribution in [2.45, 2.75) is 33.7 Å². The van der Waals surface area contributed by atoms with E-state index in [0.717, 1.165) is 35.3 Å². The Balaban J connectivity index is 1.38. The minimum Gasteiger partial charge on any atom is -0.347 e. The largest absolute Gasteiger partial charge is 0.347 e. The Morgan fingerprint density at radius 2 is 1.69 bits per heavy atom. The second kappa shape index (κ2) is 9.28. The van der Waals surface area contributed by atoms with E-state index in [4.69, 9.17) is 0 Å². The average molecular weight is 393 g/mol. The molecule has 6 heteroatoms. The van der Waals surface area contributed by atoms with Gasteiger partial charge in [-0.15, -0.1) is 0 Å². The van der Waals surface area contributed by atoms with Gasteiger partial charge in [0.2, 0.25) is 5.91 Å². The fraction of sp³-hybridized carbons (Fsp3) is 0.304. The smallest absolute Gasteiger partial charge is 0.315 e. The van der Waals surface area contributed by atoms with Crippen molar-refractivity contribution < 1.29 is 9.59 Å². The van der Waals surface area contributed by atoms with Crippen LogP contribution in [0.25, 0.3) is 10.9 Å². The van der Waals surface area contributed by atoms with Gasteiger partial charge in [-0.3, -0.25) is 4.79 Å². The van der Waals surface area contributed by atoms with Gasteiger partial charge >= 0.3 is 6.03 Å². The lowest BCUT2D eigenvalue weighted by Crippen LogP contribution is -2.40. The zero-order valence-electron chi connectivity index (χ0n) is 17.2. The number of benzene rings is 2. The normalized spacial score (nSPS) is 10.7. The highest BCUT2D eigenvalue weighted by Gasteiger charge is 2.09. The van der Waals surface area contributed by atoms with Crippen molar-refractivity contribution in [2.75, 3.05) is 18.4 Å². The van der Waals surface area contributed by atoms with Gasteiger partial charge in [0.15, 0.2) is 0 Å². The van der Waals surface area contributed by atoms with Gasteiger partial charge in [0.25, 0.3) is 0 Å². The minimum absolute atomic E-state index is 0.0686. The Bertz CT molecular complexity index is 1000. The molecule has 0 fully saturated rings. The van der Waals surface area contributed by atoms with Crippen LogP contribution in [0.3, 0.4) is 0 Å². The number of para-hydroxylation sites is 1. The van der Waals surface area contributed by atoms with Crippen molar-refractivity contribution in [1.29, 1.82) is 0 Å². The molecule has 0 atom stereocenters. The van der Waals surface area contributed by atoms with Crippen LogP contribution in [0.2, 0.25) is 0 Å². The van der Waals surface area contributed by atoms with Crippen molar-refractivity contribution >= 4 is 28.5 Å². The molecule has 3 rings (SSSR count). The Hall–Kier alpha value is -3.28. The average Bonchev–Trinajstić information content (AvgIpc) is 3.09. The summed E-state index contributed by atoms with van der Waals surface area (Å²) >= 11 is 0. The summed E-state index contributed by atoms with van der Waals surface area (Å²) in [7, 11) is 0. The number of amides is 3. The molecule has 1 heterocycles. The zero-order chi connectivity index (χ0) is 20.8. The summed E-state index contributed by atoms with van der Waals surface area (Å²) in [4.78, 5) is 24.1. The standard InChI is InChI=1S/C23H28N4O2/c1-16-13-17(2)22(18(3)14-16)26-21(28)15-25-23(29)24-10-6-11-27-12-9-19-7-4-5-8-20(19)27/h4-5,7-9,12-14H,6,10-11,15H2,1-3H3,(H,26,28)(H2,24,25,29). The Kier molecular flexibility index (Phi) is 6.54. The van der Waals surface area contributed by atoms with E-state index in [0.29, 0.717) is 6.54 Å². The number of nitrogens with one attached hydrogen (secondary N) is 3. The van der Waals surface area contributed by atoms with Gasteiger partial charge in [0.05, 0.1) is 6.54 Å². The Morgan fingerprint density at radius 1 is 0.966 bits per heavy atom. The number of rotatable bonds is 7. The van der Waals surface area contributed by atoms with Gasteiger partial charge in [-0.05, 0) is 55.8 Å². The fourth-order valence-corrected chi connectivity index (χ4v) is 3.57. The molecule has 3 amide bonds. The summed E-state index contributed by atoms with van der Waals surface area (Å²) in [6.45, 7) is 7.24. The van der Waals surface area contributed by atoms with Crippen LogP contribution in [0.15, 0.2) is 48.7 Å². The Labute approximate surface area is 171 Å².